The summed E-state index contributed by atoms with van der Waals surface area (Å²) in [5.41, 5.74) is 17.6. The van der Waals surface area contributed by atoms with Gasteiger partial charge in [0.25, 0.3) is 0 Å². The summed E-state index contributed by atoms with van der Waals surface area (Å²) >= 11 is 0. The molecule has 3 heteroatoms. The summed E-state index contributed by atoms with van der Waals surface area (Å²) in [4.78, 5) is 11.2. The summed E-state index contributed by atoms with van der Waals surface area (Å²) in [5, 5.41) is 13.6. The molecule has 0 saturated carbocycles. The third kappa shape index (κ3) is 5.33. The second-order valence-electron chi connectivity index (χ2n) is 20.6. The topological polar surface area (TPSA) is 30.7 Å². The molecule has 69 heavy (non-hydrogen) atoms. The maximum Gasteiger partial charge on any atom is 0.160 e. The number of fused-ring (bicyclic) bond motifs is 16. The van der Waals surface area contributed by atoms with Crippen LogP contribution in [-0.4, -0.2) is 14.5 Å². The summed E-state index contributed by atoms with van der Waals surface area (Å²) < 4.78 is 2.46. The van der Waals surface area contributed by atoms with Crippen molar-refractivity contribution in [3.63, 3.8) is 0 Å². The van der Waals surface area contributed by atoms with Gasteiger partial charge in [-0.1, -0.05) is 161 Å². The molecule has 324 valence electrons. The van der Waals surface area contributed by atoms with Crippen molar-refractivity contribution in [3.05, 3.63) is 222 Å². The van der Waals surface area contributed by atoms with Crippen LogP contribution in [0.4, 0.5) is 0 Å². The molecule has 11 aromatic carbocycles. The molecule has 3 nitrogen and oxygen atoms in total. The highest BCUT2D eigenvalue weighted by molar-refractivity contribution is 6.28. The number of rotatable bonds is 3. The summed E-state index contributed by atoms with van der Waals surface area (Å²) in [6.07, 6.45) is 0. The molecule has 0 aliphatic heterocycles. The molecule has 0 saturated heterocycles. The second kappa shape index (κ2) is 13.6. The van der Waals surface area contributed by atoms with E-state index in [1.807, 2.05) is 0 Å². The Bertz CT molecular complexity index is 4340. The van der Waals surface area contributed by atoms with Gasteiger partial charge >= 0.3 is 0 Å². The van der Waals surface area contributed by atoms with Crippen LogP contribution in [0.15, 0.2) is 200 Å². The molecule has 0 N–H and O–H groups in total. The van der Waals surface area contributed by atoms with Crippen molar-refractivity contribution >= 4 is 75.8 Å². The van der Waals surface area contributed by atoms with Crippen LogP contribution in [0.5, 0.6) is 0 Å². The molecule has 0 amide bonds. The van der Waals surface area contributed by atoms with Crippen molar-refractivity contribution in [2.75, 3.05) is 0 Å². The van der Waals surface area contributed by atoms with E-state index in [4.69, 9.17) is 9.97 Å². The van der Waals surface area contributed by atoms with Crippen LogP contribution in [-0.2, 0) is 10.8 Å². The van der Waals surface area contributed by atoms with E-state index in [0.29, 0.717) is 0 Å². The molecule has 2 aromatic heterocycles. The Kier molecular flexibility index (Phi) is 7.63. The molecule has 2 heterocycles. The predicted molar refractivity (Wildman–Crippen MR) is 290 cm³/mol. The fourth-order valence-corrected chi connectivity index (χ4v) is 12.6. The number of nitrogens with zero attached hydrogens (tertiary/aromatic N) is 3. The number of aromatic nitrogens is 3. The molecule has 0 spiro atoms. The van der Waals surface area contributed by atoms with Gasteiger partial charge in [0.15, 0.2) is 5.82 Å². The maximum atomic E-state index is 5.68. The average Bonchev–Trinajstić information content (AvgIpc) is 3.93. The van der Waals surface area contributed by atoms with E-state index in [9.17, 15) is 0 Å². The van der Waals surface area contributed by atoms with Crippen LogP contribution in [0.3, 0.4) is 0 Å². The van der Waals surface area contributed by atoms with E-state index in [1.54, 1.807) is 0 Å². The predicted octanol–water partition coefficient (Wildman–Crippen LogP) is 17.3. The van der Waals surface area contributed by atoms with Crippen molar-refractivity contribution in [3.8, 4) is 50.6 Å². The van der Waals surface area contributed by atoms with E-state index in [0.717, 1.165) is 39.2 Å². The normalized spacial score (nSPS) is 14.3. The van der Waals surface area contributed by atoms with Crippen molar-refractivity contribution in [2.24, 2.45) is 0 Å². The Morgan fingerprint density at radius 1 is 0.348 bits per heavy atom. The van der Waals surface area contributed by atoms with Gasteiger partial charge < -0.3 is 4.57 Å². The van der Waals surface area contributed by atoms with Crippen LogP contribution in [0.2, 0.25) is 0 Å². The lowest BCUT2D eigenvalue weighted by Crippen LogP contribution is -2.15. The van der Waals surface area contributed by atoms with Gasteiger partial charge in [-0.2, -0.15) is 0 Å². The molecule has 15 rings (SSSR count). The average molecular weight is 880 g/mol. The zero-order valence-corrected chi connectivity index (χ0v) is 38.9. The van der Waals surface area contributed by atoms with Crippen molar-refractivity contribution in [2.45, 2.75) is 38.5 Å². The van der Waals surface area contributed by atoms with Gasteiger partial charge in [0.2, 0.25) is 0 Å². The largest absolute Gasteiger partial charge is 0.309 e. The molecule has 0 fully saturated rings. The maximum absolute atomic E-state index is 5.68. The molecule has 0 unspecified atom stereocenters. The van der Waals surface area contributed by atoms with E-state index >= 15 is 0 Å². The Hall–Kier alpha value is -8.40. The standard InChI is InChI=1S/C66H45N3/c1-65(2)54-35-44(21-26-49(54)51-31-40-15-5-7-17-42(40)33-56(51)65)63-53-37-46(69-59-29-23-38-13-9-11-19-47(38)61(59)62-48-20-12-10-14-39(48)24-30-60(62)69)25-28-58(53)67-64(68-63)45-22-27-50-52-32-41-16-6-8-18-43(41)34-57(52)66(3,4)55(50)36-45/h5-37H,1-4H3. The van der Waals surface area contributed by atoms with E-state index in [-0.39, 0.29) is 10.8 Å². The van der Waals surface area contributed by atoms with Gasteiger partial charge in [0.1, 0.15) is 0 Å². The van der Waals surface area contributed by atoms with Gasteiger partial charge in [-0.25, -0.2) is 9.97 Å². The Morgan fingerprint density at radius 3 is 1.36 bits per heavy atom. The molecule has 0 atom stereocenters. The van der Waals surface area contributed by atoms with Gasteiger partial charge in [0.05, 0.1) is 22.2 Å². The minimum Gasteiger partial charge on any atom is -0.309 e. The van der Waals surface area contributed by atoms with E-state index in [1.165, 1.54) is 109 Å². The van der Waals surface area contributed by atoms with Gasteiger partial charge in [0, 0.05) is 43.8 Å². The second-order valence-corrected chi connectivity index (χ2v) is 20.6. The number of hydrogen-bond donors (Lipinski definition) is 0. The first-order valence-electron chi connectivity index (χ1n) is 24.2. The monoisotopic (exact) mass is 879 g/mol. The first-order chi connectivity index (χ1) is 33.7. The van der Waals surface area contributed by atoms with E-state index in [2.05, 4.69) is 232 Å². The van der Waals surface area contributed by atoms with Crippen LogP contribution < -0.4 is 0 Å². The Morgan fingerprint density at radius 2 is 0.812 bits per heavy atom. The minimum atomic E-state index is -0.207. The summed E-state index contributed by atoms with van der Waals surface area (Å²) in [6, 6.07) is 74.5. The van der Waals surface area contributed by atoms with Crippen LogP contribution in [0.1, 0.15) is 49.9 Å². The molecular weight excluding hydrogens is 835 g/mol. The van der Waals surface area contributed by atoms with Crippen molar-refractivity contribution in [1.82, 2.24) is 14.5 Å². The number of benzene rings is 11. The zero-order valence-electron chi connectivity index (χ0n) is 38.9. The van der Waals surface area contributed by atoms with Crippen LogP contribution in [0.25, 0.3) is 126 Å². The SMILES string of the molecule is CC1(C)c2cc(-c3nc(-c4ccc5c(c4)C(C)(C)c4cc6ccccc6cc4-5)c4cc(-n5c6ccc7ccccc7c6c6c7ccccc7ccc65)ccc4n3)ccc2-c2cc3ccccc3cc21. The fourth-order valence-electron chi connectivity index (χ4n) is 12.6. The summed E-state index contributed by atoms with van der Waals surface area (Å²) in [7, 11) is 0. The van der Waals surface area contributed by atoms with Crippen LogP contribution >= 0.6 is 0 Å². The highest BCUT2D eigenvalue weighted by Gasteiger charge is 2.38. The Labute approximate surface area is 400 Å². The first kappa shape index (κ1) is 38.7. The minimum absolute atomic E-state index is 0.191. The quantitative estimate of drug-likeness (QED) is 0.177. The summed E-state index contributed by atoms with van der Waals surface area (Å²) in [5.74, 6) is 0.731. The fraction of sp³-hybridized carbons (Fsp3) is 0.0909. The zero-order chi connectivity index (χ0) is 45.9. The molecule has 2 aliphatic rings. The molecule has 0 radical (unpaired) electrons. The van der Waals surface area contributed by atoms with Gasteiger partial charge in [-0.3, -0.25) is 0 Å². The Balaban J connectivity index is 0.969. The lowest BCUT2D eigenvalue weighted by atomic mass is 9.81. The number of hydrogen-bond acceptors (Lipinski definition) is 2. The van der Waals surface area contributed by atoms with E-state index < -0.39 is 0 Å². The van der Waals surface area contributed by atoms with Gasteiger partial charge in [-0.05, 0) is 154 Å². The third-order valence-electron chi connectivity index (χ3n) is 16.1. The lowest BCUT2D eigenvalue weighted by molar-refractivity contribution is 0.661. The highest BCUT2D eigenvalue weighted by atomic mass is 15.0. The van der Waals surface area contributed by atoms with Crippen LogP contribution in [0, 0.1) is 0 Å². The van der Waals surface area contributed by atoms with Crippen molar-refractivity contribution < 1.29 is 0 Å². The summed E-state index contributed by atoms with van der Waals surface area (Å²) in [6.45, 7) is 9.47. The molecule has 2 aliphatic carbocycles. The smallest absolute Gasteiger partial charge is 0.160 e. The lowest BCUT2D eigenvalue weighted by Gasteiger charge is -2.23. The highest BCUT2D eigenvalue weighted by Crippen LogP contribution is 2.53. The van der Waals surface area contributed by atoms with Crippen molar-refractivity contribution in [1.29, 1.82) is 0 Å². The molecule has 0 bridgehead atoms. The third-order valence-corrected chi connectivity index (χ3v) is 16.1. The molecular formula is C66H45N3. The van der Waals surface area contributed by atoms with Gasteiger partial charge in [-0.15, -0.1) is 0 Å². The first-order valence-corrected chi connectivity index (χ1v) is 24.2. The molecule has 13 aromatic rings.